The molecule has 1 atom stereocenters. The summed E-state index contributed by atoms with van der Waals surface area (Å²) >= 11 is 0. The first-order valence-corrected chi connectivity index (χ1v) is 7.67. The number of allylic oxidation sites excluding steroid dienone is 2. The standard InChI is InChI=1S/C18H13N3O2/c22-11-1-4-18-8-12(23)3-6-21(18)16-10-19-9-15-17(16)13(2-5-20-15)14(18)7-11/h1-2,4-5,7,9-10H,3,6,8H2. The lowest BCUT2D eigenvalue weighted by atomic mass is 9.70. The number of ketones is 2. The Morgan fingerprint density at radius 3 is 3.04 bits per heavy atom. The van der Waals surface area contributed by atoms with E-state index in [1.165, 1.54) is 0 Å². The molecule has 1 saturated heterocycles. The van der Waals surface area contributed by atoms with Gasteiger partial charge in [0.05, 0.1) is 29.1 Å². The summed E-state index contributed by atoms with van der Waals surface area (Å²) in [6.45, 7) is 0.629. The van der Waals surface area contributed by atoms with Crippen LogP contribution in [0.5, 0.6) is 0 Å². The molecule has 5 rings (SSSR count). The van der Waals surface area contributed by atoms with Gasteiger partial charge in [0.1, 0.15) is 5.78 Å². The molecule has 112 valence electrons. The van der Waals surface area contributed by atoms with Gasteiger partial charge in [0, 0.05) is 31.0 Å². The molecule has 1 spiro atoms. The second-order valence-corrected chi connectivity index (χ2v) is 6.25. The molecule has 5 nitrogen and oxygen atoms in total. The third-order valence-electron chi connectivity index (χ3n) is 5.05. The Kier molecular flexibility index (Phi) is 2.28. The minimum absolute atomic E-state index is 0.0361. The number of aromatic nitrogens is 2. The molecule has 0 amide bonds. The quantitative estimate of drug-likeness (QED) is 0.745. The van der Waals surface area contributed by atoms with Crippen LogP contribution in [0.3, 0.4) is 0 Å². The van der Waals surface area contributed by atoms with Crippen molar-refractivity contribution in [3.05, 3.63) is 48.4 Å². The normalized spacial score (nSPS) is 25.2. The van der Waals surface area contributed by atoms with Crippen LogP contribution in [0.25, 0.3) is 16.5 Å². The van der Waals surface area contributed by atoms with E-state index >= 15 is 0 Å². The van der Waals surface area contributed by atoms with Crippen molar-refractivity contribution in [2.24, 2.45) is 0 Å². The number of hydrogen-bond donors (Lipinski definition) is 0. The first-order chi connectivity index (χ1) is 11.2. The molecule has 0 radical (unpaired) electrons. The van der Waals surface area contributed by atoms with E-state index in [4.69, 9.17) is 0 Å². The second kappa shape index (κ2) is 4.13. The maximum atomic E-state index is 12.2. The zero-order chi connectivity index (χ0) is 15.6. The van der Waals surface area contributed by atoms with Gasteiger partial charge in [-0.3, -0.25) is 19.6 Å². The monoisotopic (exact) mass is 303 g/mol. The van der Waals surface area contributed by atoms with E-state index in [9.17, 15) is 9.59 Å². The number of carbonyl (C=O) groups is 2. The molecule has 1 unspecified atom stereocenters. The Labute approximate surface area is 132 Å². The molecule has 4 heterocycles. The molecule has 2 aromatic rings. The largest absolute Gasteiger partial charge is 0.356 e. The van der Waals surface area contributed by atoms with Crippen molar-refractivity contribution in [3.63, 3.8) is 0 Å². The first kappa shape index (κ1) is 12.7. The molecule has 1 fully saturated rings. The van der Waals surface area contributed by atoms with E-state index in [1.54, 1.807) is 24.5 Å². The molecule has 2 aliphatic heterocycles. The fraction of sp³-hybridized carbons (Fsp3) is 0.222. The SMILES string of the molecule is O=C1C=CC23CC(=O)CCN2c2cncc4nccc(c24)C3=C1. The van der Waals surface area contributed by atoms with E-state index in [-0.39, 0.29) is 11.6 Å². The maximum Gasteiger partial charge on any atom is 0.178 e. The van der Waals surface area contributed by atoms with E-state index < -0.39 is 5.54 Å². The Morgan fingerprint density at radius 2 is 2.13 bits per heavy atom. The van der Waals surface area contributed by atoms with Gasteiger partial charge in [0.25, 0.3) is 0 Å². The highest BCUT2D eigenvalue weighted by molar-refractivity contribution is 6.16. The topological polar surface area (TPSA) is 63.2 Å². The lowest BCUT2D eigenvalue weighted by Gasteiger charge is -2.51. The number of fused-ring (bicyclic) bond motifs is 2. The molecule has 0 bridgehead atoms. The zero-order valence-corrected chi connectivity index (χ0v) is 12.3. The van der Waals surface area contributed by atoms with Gasteiger partial charge in [-0.25, -0.2) is 0 Å². The van der Waals surface area contributed by atoms with Crippen LogP contribution in [0, 0.1) is 0 Å². The Hall–Kier alpha value is -2.82. The second-order valence-electron chi connectivity index (χ2n) is 6.25. The highest BCUT2D eigenvalue weighted by Gasteiger charge is 2.48. The summed E-state index contributed by atoms with van der Waals surface area (Å²) in [4.78, 5) is 35.1. The number of carbonyl (C=O) groups excluding carboxylic acids is 2. The number of hydrogen-bond acceptors (Lipinski definition) is 5. The molecule has 2 aromatic heterocycles. The fourth-order valence-electron chi connectivity index (χ4n) is 4.10. The molecule has 0 N–H and O–H groups in total. The summed E-state index contributed by atoms with van der Waals surface area (Å²) in [7, 11) is 0. The van der Waals surface area contributed by atoms with Crippen molar-refractivity contribution >= 4 is 33.7 Å². The van der Waals surface area contributed by atoms with Crippen LogP contribution in [-0.4, -0.2) is 33.6 Å². The average Bonchev–Trinajstić information content (AvgIpc) is 2.56. The summed E-state index contributed by atoms with van der Waals surface area (Å²) in [5, 5.41) is 1.02. The van der Waals surface area contributed by atoms with Crippen molar-refractivity contribution in [2.45, 2.75) is 18.4 Å². The van der Waals surface area contributed by atoms with Crippen molar-refractivity contribution in [1.29, 1.82) is 0 Å². The summed E-state index contributed by atoms with van der Waals surface area (Å²) in [6, 6.07) is 1.93. The van der Waals surface area contributed by atoms with Crippen LogP contribution in [0.1, 0.15) is 18.4 Å². The van der Waals surface area contributed by atoms with Gasteiger partial charge >= 0.3 is 0 Å². The summed E-state index contributed by atoms with van der Waals surface area (Å²) in [6.07, 6.45) is 11.4. The number of pyridine rings is 2. The van der Waals surface area contributed by atoms with Gasteiger partial charge in [-0.1, -0.05) is 6.08 Å². The van der Waals surface area contributed by atoms with Crippen molar-refractivity contribution in [2.75, 3.05) is 11.4 Å². The lowest BCUT2D eigenvalue weighted by molar-refractivity contribution is -0.120. The number of Topliss-reactive ketones (excluding diaryl/α,β-unsaturated/α-hetero) is 1. The van der Waals surface area contributed by atoms with Crippen molar-refractivity contribution < 1.29 is 9.59 Å². The van der Waals surface area contributed by atoms with E-state index in [1.807, 2.05) is 18.3 Å². The van der Waals surface area contributed by atoms with Gasteiger partial charge in [-0.05, 0) is 29.4 Å². The van der Waals surface area contributed by atoms with Crippen LogP contribution in [0.4, 0.5) is 5.69 Å². The molecule has 1 aliphatic carbocycles. The molecule has 23 heavy (non-hydrogen) atoms. The van der Waals surface area contributed by atoms with Crippen LogP contribution < -0.4 is 4.90 Å². The molecule has 0 aromatic carbocycles. The minimum atomic E-state index is -0.562. The van der Waals surface area contributed by atoms with Gasteiger partial charge in [-0.15, -0.1) is 0 Å². The van der Waals surface area contributed by atoms with E-state index in [0.29, 0.717) is 19.4 Å². The predicted molar refractivity (Wildman–Crippen MR) is 86.0 cm³/mol. The number of piperidine rings is 1. The fourth-order valence-corrected chi connectivity index (χ4v) is 4.10. The highest BCUT2D eigenvalue weighted by Crippen LogP contribution is 2.51. The Balaban J connectivity index is 1.92. The van der Waals surface area contributed by atoms with Gasteiger partial charge < -0.3 is 4.90 Å². The highest BCUT2D eigenvalue weighted by atomic mass is 16.1. The Morgan fingerprint density at radius 1 is 1.22 bits per heavy atom. The van der Waals surface area contributed by atoms with Gasteiger partial charge in [0.15, 0.2) is 5.78 Å². The van der Waals surface area contributed by atoms with Crippen molar-refractivity contribution in [1.82, 2.24) is 9.97 Å². The zero-order valence-electron chi connectivity index (χ0n) is 12.3. The van der Waals surface area contributed by atoms with Gasteiger partial charge in [0.2, 0.25) is 0 Å². The average molecular weight is 303 g/mol. The molecule has 5 heteroatoms. The van der Waals surface area contributed by atoms with Crippen LogP contribution >= 0.6 is 0 Å². The van der Waals surface area contributed by atoms with Crippen LogP contribution in [0.2, 0.25) is 0 Å². The molecule has 3 aliphatic rings. The summed E-state index contributed by atoms with van der Waals surface area (Å²) < 4.78 is 0. The molecular weight excluding hydrogens is 290 g/mol. The van der Waals surface area contributed by atoms with E-state index in [2.05, 4.69) is 14.9 Å². The Bertz CT molecular complexity index is 955. The maximum absolute atomic E-state index is 12.2. The summed E-state index contributed by atoms with van der Waals surface area (Å²) in [5.74, 6) is 0.190. The third kappa shape index (κ3) is 1.51. The number of rotatable bonds is 0. The third-order valence-corrected chi connectivity index (χ3v) is 5.05. The predicted octanol–water partition coefficient (Wildman–Crippen LogP) is 2.07. The van der Waals surface area contributed by atoms with Crippen LogP contribution in [0.15, 0.2) is 42.9 Å². The minimum Gasteiger partial charge on any atom is -0.356 e. The molecular formula is C18H13N3O2. The summed E-state index contributed by atoms with van der Waals surface area (Å²) in [5.41, 5.74) is 3.14. The van der Waals surface area contributed by atoms with Gasteiger partial charge in [-0.2, -0.15) is 0 Å². The van der Waals surface area contributed by atoms with Crippen LogP contribution in [-0.2, 0) is 9.59 Å². The first-order valence-electron chi connectivity index (χ1n) is 7.67. The lowest BCUT2D eigenvalue weighted by Crippen LogP contribution is -2.56. The van der Waals surface area contributed by atoms with E-state index in [0.717, 1.165) is 27.7 Å². The smallest absolute Gasteiger partial charge is 0.178 e. The molecule has 0 saturated carbocycles. The number of nitrogens with zero attached hydrogens (tertiary/aromatic N) is 3. The number of anilines is 1. The van der Waals surface area contributed by atoms with Crippen molar-refractivity contribution in [3.8, 4) is 0 Å².